The van der Waals surface area contributed by atoms with Crippen molar-refractivity contribution >= 4 is 33.0 Å². The summed E-state index contributed by atoms with van der Waals surface area (Å²) < 4.78 is 28.4. The molecule has 1 aliphatic carbocycles. The molecule has 24 heavy (non-hydrogen) atoms. The highest BCUT2D eigenvalue weighted by Gasteiger charge is 2.22. The highest BCUT2D eigenvalue weighted by Crippen LogP contribution is 2.30. The van der Waals surface area contributed by atoms with Gasteiger partial charge in [0.25, 0.3) is 5.91 Å². The van der Waals surface area contributed by atoms with Gasteiger partial charge in [0.1, 0.15) is 9.96 Å². The Hall–Kier alpha value is -1.90. The number of hydrogen-bond donors (Lipinski definition) is 2. The number of benzene rings is 1. The summed E-state index contributed by atoms with van der Waals surface area (Å²) in [5, 5.41) is 7.85. The maximum absolute atomic E-state index is 12.3. The Morgan fingerprint density at radius 3 is 2.54 bits per heavy atom. The van der Waals surface area contributed by atoms with E-state index in [1.807, 2.05) is 0 Å². The maximum Gasteiger partial charge on any atom is 0.266 e. The minimum Gasteiger partial charge on any atom is -0.493 e. The fourth-order valence-corrected chi connectivity index (χ4v) is 4.00. The average molecular weight is 366 g/mol. The molecule has 2 aromatic rings. The highest BCUT2D eigenvalue weighted by atomic mass is 32.2. The number of amides is 1. The maximum atomic E-state index is 12.3. The molecule has 1 fully saturated rings. The van der Waals surface area contributed by atoms with Crippen LogP contribution in [-0.2, 0) is 10.0 Å². The van der Waals surface area contributed by atoms with Crippen molar-refractivity contribution in [2.45, 2.75) is 24.0 Å². The first-order valence-electron chi connectivity index (χ1n) is 7.50. The van der Waals surface area contributed by atoms with Crippen molar-refractivity contribution in [3.05, 3.63) is 40.8 Å². The summed E-state index contributed by atoms with van der Waals surface area (Å²) in [7, 11) is -3.80. The second kappa shape index (κ2) is 6.54. The van der Waals surface area contributed by atoms with Crippen LogP contribution in [0.2, 0.25) is 0 Å². The Morgan fingerprint density at radius 1 is 1.33 bits per heavy atom. The third kappa shape index (κ3) is 4.14. The molecule has 3 rings (SSSR count). The van der Waals surface area contributed by atoms with Crippen LogP contribution in [0.5, 0.6) is 5.75 Å². The second-order valence-electron chi connectivity index (χ2n) is 5.86. The zero-order valence-electron chi connectivity index (χ0n) is 13.1. The van der Waals surface area contributed by atoms with Crippen molar-refractivity contribution in [1.82, 2.24) is 0 Å². The molecule has 1 aromatic carbocycles. The normalized spacial score (nSPS) is 14.4. The molecular formula is C16H18N2O4S2. The van der Waals surface area contributed by atoms with Crippen LogP contribution in [-0.4, -0.2) is 20.9 Å². The van der Waals surface area contributed by atoms with Gasteiger partial charge in [0.05, 0.1) is 11.5 Å². The largest absolute Gasteiger partial charge is 0.493 e. The number of ether oxygens (including phenoxy) is 1. The van der Waals surface area contributed by atoms with Gasteiger partial charge in [-0.2, -0.15) is 0 Å². The standard InChI is InChI=1S/C16H18N2O4S2/c1-10-8-14(24(17,20)21)23-15(10)16(19)18-12-4-6-13(7-5-12)22-9-11-2-3-11/h4-8,11H,2-3,9H2,1H3,(H,18,19)(H2,17,20,21). The van der Waals surface area contributed by atoms with E-state index < -0.39 is 10.0 Å². The van der Waals surface area contributed by atoms with Crippen molar-refractivity contribution in [2.24, 2.45) is 11.1 Å². The zero-order valence-corrected chi connectivity index (χ0v) is 14.7. The van der Waals surface area contributed by atoms with E-state index in [-0.39, 0.29) is 10.1 Å². The number of sulfonamides is 1. The number of anilines is 1. The number of carbonyl (C=O) groups is 1. The van der Waals surface area contributed by atoms with E-state index >= 15 is 0 Å². The molecule has 6 nitrogen and oxygen atoms in total. The summed E-state index contributed by atoms with van der Waals surface area (Å²) in [5.74, 6) is 1.09. The molecule has 0 aliphatic heterocycles. The number of nitrogens with two attached hydrogens (primary N) is 1. The van der Waals surface area contributed by atoms with Gasteiger partial charge in [0.2, 0.25) is 10.0 Å². The zero-order chi connectivity index (χ0) is 17.3. The van der Waals surface area contributed by atoms with Gasteiger partial charge < -0.3 is 10.1 Å². The Labute approximate surface area is 144 Å². The minimum absolute atomic E-state index is 0.0195. The molecule has 0 atom stereocenters. The Morgan fingerprint density at radius 2 is 2.00 bits per heavy atom. The Bertz CT molecular complexity index is 853. The van der Waals surface area contributed by atoms with Crippen LogP contribution in [0.3, 0.4) is 0 Å². The van der Waals surface area contributed by atoms with Crippen LogP contribution in [0, 0.1) is 12.8 Å². The molecule has 1 heterocycles. The average Bonchev–Trinajstić information content (AvgIpc) is 3.25. The molecule has 8 heteroatoms. The lowest BCUT2D eigenvalue weighted by molar-refractivity contribution is 0.103. The van der Waals surface area contributed by atoms with Crippen molar-refractivity contribution in [2.75, 3.05) is 11.9 Å². The van der Waals surface area contributed by atoms with Gasteiger partial charge in [-0.25, -0.2) is 13.6 Å². The number of carbonyl (C=O) groups excluding carboxylic acids is 1. The number of primary sulfonamides is 1. The summed E-state index contributed by atoms with van der Waals surface area (Å²) in [6, 6.07) is 8.52. The van der Waals surface area contributed by atoms with E-state index in [1.54, 1.807) is 31.2 Å². The van der Waals surface area contributed by atoms with Gasteiger partial charge in [-0.3, -0.25) is 4.79 Å². The number of rotatable bonds is 6. The Balaban J connectivity index is 1.66. The number of nitrogens with one attached hydrogen (secondary N) is 1. The molecular weight excluding hydrogens is 348 g/mol. The number of hydrogen-bond acceptors (Lipinski definition) is 5. The highest BCUT2D eigenvalue weighted by molar-refractivity contribution is 7.91. The number of aryl methyl sites for hydroxylation is 1. The predicted molar refractivity (Wildman–Crippen MR) is 93.0 cm³/mol. The van der Waals surface area contributed by atoms with Crippen molar-refractivity contribution < 1.29 is 17.9 Å². The van der Waals surface area contributed by atoms with Crippen molar-refractivity contribution in [1.29, 1.82) is 0 Å². The first kappa shape index (κ1) is 16.9. The topological polar surface area (TPSA) is 98.5 Å². The van der Waals surface area contributed by atoms with E-state index in [0.29, 0.717) is 22.0 Å². The summed E-state index contributed by atoms with van der Waals surface area (Å²) in [6.45, 7) is 2.41. The van der Waals surface area contributed by atoms with Gasteiger partial charge in [-0.1, -0.05) is 0 Å². The predicted octanol–water partition coefficient (Wildman–Crippen LogP) is 2.75. The number of thiophene rings is 1. The summed E-state index contributed by atoms with van der Waals surface area (Å²) >= 11 is 0.866. The van der Waals surface area contributed by atoms with E-state index in [0.717, 1.165) is 23.7 Å². The lowest BCUT2D eigenvalue weighted by Crippen LogP contribution is -2.11. The fourth-order valence-electron chi connectivity index (χ4n) is 2.14. The molecule has 128 valence electrons. The second-order valence-corrected chi connectivity index (χ2v) is 8.70. The molecule has 1 aromatic heterocycles. The van der Waals surface area contributed by atoms with Crippen molar-refractivity contribution in [3.63, 3.8) is 0 Å². The summed E-state index contributed by atoms with van der Waals surface area (Å²) in [5.41, 5.74) is 1.19. The third-order valence-corrected chi connectivity index (χ3v) is 6.33. The molecule has 0 unspecified atom stereocenters. The molecule has 1 amide bonds. The van der Waals surface area contributed by atoms with Gasteiger partial charge in [-0.05, 0) is 61.6 Å². The molecule has 0 spiro atoms. The lowest BCUT2D eigenvalue weighted by Gasteiger charge is -2.07. The van der Waals surface area contributed by atoms with Gasteiger partial charge in [-0.15, -0.1) is 11.3 Å². The van der Waals surface area contributed by atoms with E-state index in [1.165, 1.54) is 18.9 Å². The van der Waals surface area contributed by atoms with Crippen LogP contribution in [0.25, 0.3) is 0 Å². The first-order chi connectivity index (χ1) is 11.3. The van der Waals surface area contributed by atoms with E-state index in [9.17, 15) is 13.2 Å². The summed E-state index contributed by atoms with van der Waals surface area (Å²) in [4.78, 5) is 12.6. The molecule has 0 saturated heterocycles. The van der Waals surface area contributed by atoms with Gasteiger partial charge in [0.15, 0.2) is 0 Å². The molecule has 0 bridgehead atoms. The van der Waals surface area contributed by atoms with Gasteiger partial charge in [0, 0.05) is 5.69 Å². The quantitative estimate of drug-likeness (QED) is 0.821. The first-order valence-corrected chi connectivity index (χ1v) is 9.86. The third-order valence-electron chi connectivity index (χ3n) is 3.68. The SMILES string of the molecule is Cc1cc(S(N)(=O)=O)sc1C(=O)Nc1ccc(OCC2CC2)cc1. The van der Waals surface area contributed by atoms with Crippen LogP contribution in [0.4, 0.5) is 5.69 Å². The minimum atomic E-state index is -3.80. The monoisotopic (exact) mass is 366 g/mol. The molecule has 0 radical (unpaired) electrons. The van der Waals surface area contributed by atoms with Crippen LogP contribution in [0.15, 0.2) is 34.5 Å². The van der Waals surface area contributed by atoms with E-state index in [4.69, 9.17) is 9.88 Å². The molecule has 1 aliphatic rings. The van der Waals surface area contributed by atoms with Gasteiger partial charge >= 0.3 is 0 Å². The van der Waals surface area contributed by atoms with Crippen LogP contribution in [0.1, 0.15) is 28.1 Å². The smallest absolute Gasteiger partial charge is 0.266 e. The van der Waals surface area contributed by atoms with Crippen LogP contribution >= 0.6 is 11.3 Å². The lowest BCUT2D eigenvalue weighted by atomic mass is 10.2. The molecule has 3 N–H and O–H groups in total. The van der Waals surface area contributed by atoms with Crippen LogP contribution < -0.4 is 15.2 Å². The molecule has 1 saturated carbocycles. The van der Waals surface area contributed by atoms with Crippen molar-refractivity contribution in [3.8, 4) is 5.75 Å². The fraction of sp³-hybridized carbons (Fsp3) is 0.312. The summed E-state index contributed by atoms with van der Waals surface area (Å²) in [6.07, 6.45) is 2.46. The van der Waals surface area contributed by atoms with E-state index in [2.05, 4.69) is 5.32 Å². The Kier molecular flexibility index (Phi) is 4.62.